The molecule has 0 aliphatic carbocycles. The van der Waals surface area contributed by atoms with Gasteiger partial charge in [-0.15, -0.1) is 0 Å². The fraction of sp³-hybridized carbons (Fsp3) is 0.217. The Morgan fingerprint density at radius 2 is 1.97 bits per heavy atom. The second kappa shape index (κ2) is 7.36. The van der Waals surface area contributed by atoms with E-state index in [0.717, 1.165) is 23.0 Å². The minimum Gasteiger partial charge on any atom is -0.331 e. The standard InChI is InChI=1S/C23H20N4O2/c1-15-3-8-20(19(9-15)14-28)21-10-22-23(29)26(12-16(2)27(22)25-21)13-18-6-4-17(11-24)5-7-18/h3-10,14,16H,12-13H2,1-2H3. The molecule has 6 nitrogen and oxygen atoms in total. The Kier molecular flexibility index (Phi) is 4.73. The van der Waals surface area contributed by atoms with E-state index in [4.69, 9.17) is 5.26 Å². The van der Waals surface area contributed by atoms with E-state index in [1.807, 2.05) is 44.2 Å². The average Bonchev–Trinajstić information content (AvgIpc) is 3.18. The van der Waals surface area contributed by atoms with Crippen LogP contribution in [0.1, 0.15) is 50.5 Å². The van der Waals surface area contributed by atoms with E-state index < -0.39 is 0 Å². The summed E-state index contributed by atoms with van der Waals surface area (Å²) in [7, 11) is 0. The van der Waals surface area contributed by atoms with Gasteiger partial charge in [0.2, 0.25) is 0 Å². The van der Waals surface area contributed by atoms with Crippen LogP contribution in [0, 0.1) is 18.3 Å². The van der Waals surface area contributed by atoms with Crippen molar-refractivity contribution in [2.45, 2.75) is 26.4 Å². The molecule has 29 heavy (non-hydrogen) atoms. The molecule has 0 bridgehead atoms. The topological polar surface area (TPSA) is 79.0 Å². The number of aromatic nitrogens is 2. The number of hydrogen-bond donors (Lipinski definition) is 0. The molecule has 1 atom stereocenters. The summed E-state index contributed by atoms with van der Waals surface area (Å²) in [6.07, 6.45) is 0.823. The summed E-state index contributed by atoms with van der Waals surface area (Å²) in [6.45, 7) is 4.97. The summed E-state index contributed by atoms with van der Waals surface area (Å²) in [6, 6.07) is 16.8. The Morgan fingerprint density at radius 1 is 1.21 bits per heavy atom. The first kappa shape index (κ1) is 18.6. The molecule has 6 heteroatoms. The van der Waals surface area contributed by atoms with Crippen LogP contribution >= 0.6 is 0 Å². The van der Waals surface area contributed by atoms with Gasteiger partial charge in [-0.2, -0.15) is 10.4 Å². The number of amides is 1. The maximum atomic E-state index is 13.1. The van der Waals surface area contributed by atoms with Crippen LogP contribution in [0.2, 0.25) is 0 Å². The first-order chi connectivity index (χ1) is 14.0. The molecular weight excluding hydrogens is 364 g/mol. The third-order valence-electron chi connectivity index (χ3n) is 5.21. The normalized spacial score (nSPS) is 15.7. The molecule has 4 rings (SSSR count). The predicted octanol–water partition coefficient (Wildman–Crippen LogP) is 3.76. The third-order valence-corrected chi connectivity index (χ3v) is 5.21. The predicted molar refractivity (Wildman–Crippen MR) is 108 cm³/mol. The van der Waals surface area contributed by atoms with E-state index in [2.05, 4.69) is 11.2 Å². The number of carbonyl (C=O) groups is 2. The molecule has 1 aliphatic heterocycles. The zero-order valence-electron chi connectivity index (χ0n) is 16.3. The quantitative estimate of drug-likeness (QED) is 0.642. The molecule has 1 unspecified atom stereocenters. The van der Waals surface area contributed by atoms with E-state index in [-0.39, 0.29) is 11.9 Å². The van der Waals surface area contributed by atoms with E-state index in [0.29, 0.717) is 35.6 Å². The monoisotopic (exact) mass is 384 g/mol. The van der Waals surface area contributed by atoms with Crippen molar-refractivity contribution in [3.8, 4) is 17.3 Å². The number of fused-ring (bicyclic) bond motifs is 1. The van der Waals surface area contributed by atoms with Gasteiger partial charge < -0.3 is 4.90 Å². The number of nitriles is 1. The largest absolute Gasteiger partial charge is 0.331 e. The van der Waals surface area contributed by atoms with Crippen molar-refractivity contribution in [3.05, 3.63) is 76.5 Å². The van der Waals surface area contributed by atoms with E-state index in [9.17, 15) is 9.59 Å². The molecule has 0 spiro atoms. The highest BCUT2D eigenvalue weighted by atomic mass is 16.2. The van der Waals surface area contributed by atoms with Crippen molar-refractivity contribution < 1.29 is 9.59 Å². The fourth-order valence-electron chi connectivity index (χ4n) is 3.72. The second-order valence-corrected chi connectivity index (χ2v) is 7.41. The van der Waals surface area contributed by atoms with Crippen LogP contribution in [-0.2, 0) is 6.54 Å². The highest BCUT2D eigenvalue weighted by molar-refractivity contribution is 5.95. The molecular formula is C23H20N4O2. The first-order valence-corrected chi connectivity index (χ1v) is 9.44. The molecule has 2 heterocycles. The molecule has 1 aliphatic rings. The number of aryl methyl sites for hydroxylation is 1. The molecule has 3 aromatic rings. The maximum Gasteiger partial charge on any atom is 0.272 e. The molecule has 0 saturated carbocycles. The van der Waals surface area contributed by atoms with Gasteiger partial charge in [0.25, 0.3) is 5.91 Å². The summed E-state index contributed by atoms with van der Waals surface area (Å²) in [5.74, 6) is -0.0917. The molecule has 2 aromatic carbocycles. The van der Waals surface area contributed by atoms with E-state index in [1.54, 1.807) is 27.8 Å². The lowest BCUT2D eigenvalue weighted by Gasteiger charge is -2.31. The van der Waals surface area contributed by atoms with Crippen LogP contribution in [0.5, 0.6) is 0 Å². The van der Waals surface area contributed by atoms with Gasteiger partial charge in [0.05, 0.1) is 23.4 Å². The van der Waals surface area contributed by atoms with Crippen molar-refractivity contribution in [1.82, 2.24) is 14.7 Å². The Bertz CT molecular complexity index is 1140. The van der Waals surface area contributed by atoms with Gasteiger partial charge >= 0.3 is 0 Å². The minimum atomic E-state index is -0.0917. The van der Waals surface area contributed by atoms with Crippen LogP contribution in [0.3, 0.4) is 0 Å². The van der Waals surface area contributed by atoms with Gasteiger partial charge in [-0.3, -0.25) is 14.3 Å². The lowest BCUT2D eigenvalue weighted by atomic mass is 10.0. The highest BCUT2D eigenvalue weighted by Gasteiger charge is 2.31. The van der Waals surface area contributed by atoms with E-state index >= 15 is 0 Å². The Morgan fingerprint density at radius 3 is 2.66 bits per heavy atom. The molecule has 0 saturated heterocycles. The van der Waals surface area contributed by atoms with Crippen LogP contribution in [-0.4, -0.2) is 33.4 Å². The zero-order valence-corrected chi connectivity index (χ0v) is 16.3. The Labute approximate surface area is 169 Å². The van der Waals surface area contributed by atoms with Gasteiger partial charge in [0.1, 0.15) is 5.69 Å². The van der Waals surface area contributed by atoms with Crippen molar-refractivity contribution in [2.24, 2.45) is 0 Å². The van der Waals surface area contributed by atoms with Gasteiger partial charge in [-0.25, -0.2) is 0 Å². The highest BCUT2D eigenvalue weighted by Crippen LogP contribution is 2.29. The average molecular weight is 384 g/mol. The molecule has 1 aromatic heterocycles. The number of nitrogens with zero attached hydrogens (tertiary/aromatic N) is 4. The van der Waals surface area contributed by atoms with Crippen LogP contribution < -0.4 is 0 Å². The van der Waals surface area contributed by atoms with Crippen LogP contribution in [0.25, 0.3) is 11.3 Å². The molecule has 0 N–H and O–H groups in total. The number of carbonyl (C=O) groups excluding carboxylic acids is 2. The number of benzene rings is 2. The molecule has 0 radical (unpaired) electrons. The van der Waals surface area contributed by atoms with Crippen LogP contribution in [0.15, 0.2) is 48.5 Å². The van der Waals surface area contributed by atoms with E-state index in [1.165, 1.54) is 0 Å². The van der Waals surface area contributed by atoms with Crippen molar-refractivity contribution in [1.29, 1.82) is 5.26 Å². The molecule has 1 amide bonds. The summed E-state index contributed by atoms with van der Waals surface area (Å²) < 4.78 is 1.75. The maximum absolute atomic E-state index is 13.1. The number of aldehydes is 1. The smallest absolute Gasteiger partial charge is 0.272 e. The second-order valence-electron chi connectivity index (χ2n) is 7.41. The lowest BCUT2D eigenvalue weighted by molar-refractivity contribution is 0.0651. The lowest BCUT2D eigenvalue weighted by Crippen LogP contribution is -2.41. The molecule has 0 fully saturated rings. The van der Waals surface area contributed by atoms with Crippen molar-refractivity contribution in [2.75, 3.05) is 6.54 Å². The molecule has 144 valence electrons. The number of hydrogen-bond acceptors (Lipinski definition) is 4. The summed E-state index contributed by atoms with van der Waals surface area (Å²) >= 11 is 0. The fourth-order valence-corrected chi connectivity index (χ4v) is 3.72. The Hall–Kier alpha value is -3.72. The zero-order chi connectivity index (χ0) is 20.5. The van der Waals surface area contributed by atoms with Gasteiger partial charge in [-0.05, 0) is 43.7 Å². The third kappa shape index (κ3) is 3.43. The summed E-state index contributed by atoms with van der Waals surface area (Å²) in [5, 5.41) is 13.6. The minimum absolute atomic E-state index is 0.0139. The van der Waals surface area contributed by atoms with Crippen molar-refractivity contribution in [3.63, 3.8) is 0 Å². The van der Waals surface area contributed by atoms with Gasteiger partial charge in [-0.1, -0.05) is 29.8 Å². The SMILES string of the molecule is Cc1ccc(-c2cc3n(n2)C(C)CN(Cc2ccc(C#N)cc2)C3=O)c(C=O)c1. The summed E-state index contributed by atoms with van der Waals surface area (Å²) in [5.41, 5.74) is 5.00. The van der Waals surface area contributed by atoms with Gasteiger partial charge in [0.15, 0.2) is 6.29 Å². The number of rotatable bonds is 4. The van der Waals surface area contributed by atoms with Crippen LogP contribution in [0.4, 0.5) is 0 Å². The Balaban J connectivity index is 1.65. The summed E-state index contributed by atoms with van der Waals surface area (Å²) in [4.78, 5) is 26.4. The van der Waals surface area contributed by atoms with Crippen molar-refractivity contribution >= 4 is 12.2 Å². The van der Waals surface area contributed by atoms with Gasteiger partial charge in [0, 0.05) is 24.2 Å². The first-order valence-electron chi connectivity index (χ1n) is 9.44.